The van der Waals surface area contributed by atoms with Crippen molar-refractivity contribution in [2.24, 2.45) is 0 Å². The van der Waals surface area contributed by atoms with Gasteiger partial charge in [0.2, 0.25) is 0 Å². The number of aromatic nitrogens is 1. The Labute approximate surface area is 125 Å². The van der Waals surface area contributed by atoms with Crippen molar-refractivity contribution in [1.29, 1.82) is 0 Å². The van der Waals surface area contributed by atoms with Crippen LogP contribution in [0.2, 0.25) is 0 Å². The third-order valence-corrected chi connectivity index (χ3v) is 3.53. The van der Waals surface area contributed by atoms with Crippen LogP contribution in [0, 0.1) is 0 Å². The van der Waals surface area contributed by atoms with E-state index in [1.807, 2.05) is 37.4 Å². The fraction of sp³-hybridized carbons (Fsp3) is 0.0500. The Morgan fingerprint density at radius 1 is 0.857 bits per heavy atom. The van der Waals surface area contributed by atoms with Crippen molar-refractivity contribution in [3.05, 3.63) is 85.1 Å². The third kappa shape index (κ3) is 2.77. The Bertz CT molecular complexity index is 758. The number of benzene rings is 2. The van der Waals surface area contributed by atoms with Crippen molar-refractivity contribution >= 4 is 5.57 Å². The maximum absolute atomic E-state index is 4.49. The van der Waals surface area contributed by atoms with E-state index in [1.165, 1.54) is 11.1 Å². The molecule has 1 aromatic heterocycles. The van der Waals surface area contributed by atoms with E-state index in [0.29, 0.717) is 0 Å². The second kappa shape index (κ2) is 5.76. The van der Waals surface area contributed by atoms with Crippen LogP contribution in [0.3, 0.4) is 0 Å². The molecule has 0 radical (unpaired) electrons. The average Bonchev–Trinajstić information content (AvgIpc) is 2.56. The van der Waals surface area contributed by atoms with Gasteiger partial charge in [-0.15, -0.1) is 0 Å². The van der Waals surface area contributed by atoms with Crippen molar-refractivity contribution in [2.75, 3.05) is 0 Å². The van der Waals surface area contributed by atoms with Gasteiger partial charge in [0.25, 0.3) is 0 Å². The molecule has 0 saturated heterocycles. The molecule has 1 heteroatoms. The fourth-order valence-electron chi connectivity index (χ4n) is 2.46. The van der Waals surface area contributed by atoms with Crippen molar-refractivity contribution in [2.45, 2.75) is 6.92 Å². The monoisotopic (exact) mass is 271 g/mol. The molecule has 0 aliphatic carbocycles. The number of rotatable bonds is 3. The molecule has 0 N–H and O–H groups in total. The van der Waals surface area contributed by atoms with Gasteiger partial charge < -0.3 is 0 Å². The minimum atomic E-state index is 0.980. The molecular weight excluding hydrogens is 254 g/mol. The standard InChI is InChI=1S/C20H17N/c1-15(2)18-12-11-17(16-8-4-3-5-9-16)14-19(18)20-10-6-7-13-21-20/h3-14H,1H2,2H3. The Morgan fingerprint density at radius 3 is 2.29 bits per heavy atom. The highest BCUT2D eigenvalue weighted by atomic mass is 14.7. The second-order valence-corrected chi connectivity index (χ2v) is 5.12. The zero-order valence-corrected chi connectivity index (χ0v) is 12.1. The lowest BCUT2D eigenvalue weighted by molar-refractivity contribution is 1.32. The van der Waals surface area contributed by atoms with Gasteiger partial charge in [-0.05, 0) is 41.8 Å². The summed E-state index contributed by atoms with van der Waals surface area (Å²) in [6, 6.07) is 22.9. The van der Waals surface area contributed by atoms with Gasteiger partial charge in [-0.2, -0.15) is 0 Å². The number of hydrogen-bond acceptors (Lipinski definition) is 1. The molecule has 2 aromatic carbocycles. The summed E-state index contributed by atoms with van der Waals surface area (Å²) >= 11 is 0. The molecule has 21 heavy (non-hydrogen) atoms. The molecule has 3 aromatic rings. The minimum absolute atomic E-state index is 0.980. The highest BCUT2D eigenvalue weighted by molar-refractivity contribution is 5.82. The second-order valence-electron chi connectivity index (χ2n) is 5.12. The molecular formula is C20H17N. The predicted molar refractivity (Wildman–Crippen MR) is 89.8 cm³/mol. The summed E-state index contributed by atoms with van der Waals surface area (Å²) < 4.78 is 0. The number of hydrogen-bond donors (Lipinski definition) is 0. The van der Waals surface area contributed by atoms with Crippen molar-refractivity contribution in [3.63, 3.8) is 0 Å². The van der Waals surface area contributed by atoms with Crippen molar-refractivity contribution < 1.29 is 0 Å². The Kier molecular flexibility index (Phi) is 3.65. The predicted octanol–water partition coefficient (Wildman–Crippen LogP) is 5.45. The molecule has 102 valence electrons. The molecule has 0 aliphatic heterocycles. The minimum Gasteiger partial charge on any atom is -0.256 e. The van der Waals surface area contributed by atoms with Crippen LogP contribution in [0.5, 0.6) is 0 Å². The number of nitrogens with zero attached hydrogens (tertiary/aromatic N) is 1. The van der Waals surface area contributed by atoms with E-state index in [0.717, 1.165) is 22.4 Å². The SMILES string of the molecule is C=C(C)c1ccc(-c2ccccc2)cc1-c1ccccn1. The van der Waals surface area contributed by atoms with Crippen LogP contribution in [0.25, 0.3) is 28.0 Å². The van der Waals surface area contributed by atoms with Crippen LogP contribution in [0.4, 0.5) is 0 Å². The van der Waals surface area contributed by atoms with Crippen LogP contribution in [-0.4, -0.2) is 4.98 Å². The zero-order chi connectivity index (χ0) is 14.7. The van der Waals surface area contributed by atoms with Gasteiger partial charge in [-0.3, -0.25) is 4.98 Å². The number of pyridine rings is 1. The summed E-state index contributed by atoms with van der Waals surface area (Å²) in [6.45, 7) is 6.12. The molecule has 0 saturated carbocycles. The fourth-order valence-corrected chi connectivity index (χ4v) is 2.46. The van der Waals surface area contributed by atoms with Gasteiger partial charge >= 0.3 is 0 Å². The lowest BCUT2D eigenvalue weighted by atomic mass is 9.94. The maximum Gasteiger partial charge on any atom is 0.0708 e. The van der Waals surface area contributed by atoms with Crippen molar-refractivity contribution in [1.82, 2.24) is 4.98 Å². The van der Waals surface area contributed by atoms with Crippen LogP contribution < -0.4 is 0 Å². The van der Waals surface area contributed by atoms with E-state index >= 15 is 0 Å². The van der Waals surface area contributed by atoms with Crippen LogP contribution in [0.15, 0.2) is 79.5 Å². The third-order valence-electron chi connectivity index (χ3n) is 3.53. The summed E-state index contributed by atoms with van der Waals surface area (Å²) in [5.74, 6) is 0. The summed E-state index contributed by atoms with van der Waals surface area (Å²) in [4.78, 5) is 4.49. The van der Waals surface area contributed by atoms with E-state index in [1.54, 1.807) is 0 Å². The van der Waals surface area contributed by atoms with E-state index in [-0.39, 0.29) is 0 Å². The molecule has 0 fully saturated rings. The normalized spacial score (nSPS) is 10.3. The first kappa shape index (κ1) is 13.3. The zero-order valence-electron chi connectivity index (χ0n) is 12.1. The molecule has 0 spiro atoms. The number of allylic oxidation sites excluding steroid dienone is 1. The largest absolute Gasteiger partial charge is 0.256 e. The lowest BCUT2D eigenvalue weighted by Gasteiger charge is -2.12. The Morgan fingerprint density at radius 2 is 1.62 bits per heavy atom. The van der Waals surface area contributed by atoms with Crippen LogP contribution in [0.1, 0.15) is 12.5 Å². The van der Waals surface area contributed by atoms with Gasteiger partial charge in [0.15, 0.2) is 0 Å². The average molecular weight is 271 g/mol. The quantitative estimate of drug-likeness (QED) is 0.617. The molecule has 0 unspecified atom stereocenters. The van der Waals surface area contributed by atoms with E-state index in [4.69, 9.17) is 0 Å². The maximum atomic E-state index is 4.49. The smallest absolute Gasteiger partial charge is 0.0708 e. The first-order chi connectivity index (χ1) is 10.3. The summed E-state index contributed by atoms with van der Waals surface area (Å²) in [5, 5.41) is 0. The van der Waals surface area contributed by atoms with Crippen molar-refractivity contribution in [3.8, 4) is 22.4 Å². The van der Waals surface area contributed by atoms with Gasteiger partial charge in [0, 0.05) is 11.8 Å². The highest BCUT2D eigenvalue weighted by Gasteiger charge is 2.09. The van der Waals surface area contributed by atoms with Crippen LogP contribution in [-0.2, 0) is 0 Å². The molecule has 0 aliphatic rings. The summed E-state index contributed by atoms with van der Waals surface area (Å²) in [6.07, 6.45) is 1.83. The Hall–Kier alpha value is -2.67. The molecule has 3 rings (SSSR count). The van der Waals surface area contributed by atoms with Crippen LogP contribution >= 0.6 is 0 Å². The highest BCUT2D eigenvalue weighted by Crippen LogP contribution is 2.31. The summed E-state index contributed by atoms with van der Waals surface area (Å²) in [5.41, 5.74) is 6.71. The first-order valence-corrected chi connectivity index (χ1v) is 7.02. The Balaban J connectivity index is 2.18. The van der Waals surface area contributed by atoms with Gasteiger partial charge in [0.05, 0.1) is 5.69 Å². The molecule has 1 nitrogen and oxygen atoms in total. The topological polar surface area (TPSA) is 12.9 Å². The summed E-state index contributed by atoms with van der Waals surface area (Å²) in [7, 11) is 0. The van der Waals surface area contributed by atoms with E-state index in [9.17, 15) is 0 Å². The van der Waals surface area contributed by atoms with Gasteiger partial charge in [-0.1, -0.05) is 60.7 Å². The lowest BCUT2D eigenvalue weighted by Crippen LogP contribution is -1.90. The van der Waals surface area contributed by atoms with E-state index in [2.05, 4.69) is 54.0 Å². The molecule has 0 atom stereocenters. The molecule has 1 heterocycles. The van der Waals surface area contributed by atoms with Gasteiger partial charge in [0.1, 0.15) is 0 Å². The molecule has 0 amide bonds. The van der Waals surface area contributed by atoms with Gasteiger partial charge in [-0.25, -0.2) is 0 Å². The first-order valence-electron chi connectivity index (χ1n) is 7.02. The molecule has 0 bridgehead atoms. The van der Waals surface area contributed by atoms with E-state index < -0.39 is 0 Å².